The van der Waals surface area contributed by atoms with Crippen molar-refractivity contribution in [2.75, 3.05) is 14.2 Å². The van der Waals surface area contributed by atoms with E-state index in [9.17, 15) is 0 Å². The Balaban J connectivity index is 2.52. The van der Waals surface area contributed by atoms with Crippen LogP contribution in [0, 0.1) is 0 Å². The second-order valence-corrected chi connectivity index (χ2v) is 3.59. The predicted octanol–water partition coefficient (Wildman–Crippen LogP) is 1.96. The van der Waals surface area contributed by atoms with E-state index in [-0.39, 0.29) is 0 Å². The van der Waals surface area contributed by atoms with Gasteiger partial charge in [0.05, 0.1) is 5.52 Å². The van der Waals surface area contributed by atoms with Crippen molar-refractivity contribution in [3.05, 3.63) is 36.0 Å². The maximum atomic E-state index is 5.17. The maximum absolute atomic E-state index is 5.17. The van der Waals surface area contributed by atoms with Crippen molar-refractivity contribution in [2.45, 2.75) is 13.3 Å². The summed E-state index contributed by atoms with van der Waals surface area (Å²) < 4.78 is 7.30. The van der Waals surface area contributed by atoms with Gasteiger partial charge in [-0.3, -0.25) is 0 Å². The summed E-state index contributed by atoms with van der Waals surface area (Å²) in [6.07, 6.45) is 2.14. The van der Waals surface area contributed by atoms with Gasteiger partial charge in [0.1, 0.15) is 6.73 Å². The zero-order valence-corrected chi connectivity index (χ0v) is 9.16. The highest BCUT2D eigenvalue weighted by molar-refractivity contribution is 5.83. The van der Waals surface area contributed by atoms with E-state index in [2.05, 4.69) is 40.3 Å². The van der Waals surface area contributed by atoms with Gasteiger partial charge in [0, 0.05) is 25.2 Å². The molecule has 0 atom stereocenters. The molecule has 0 fully saturated rings. The van der Waals surface area contributed by atoms with Crippen LogP contribution in [-0.2, 0) is 18.0 Å². The average Bonchev–Trinajstić information content (AvgIpc) is 2.59. The summed E-state index contributed by atoms with van der Waals surface area (Å²) in [5, 5.41) is 4.47. The van der Waals surface area contributed by atoms with Crippen molar-refractivity contribution in [1.29, 1.82) is 0 Å². The number of para-hydroxylation sites is 1. The van der Waals surface area contributed by atoms with E-state index in [1.165, 1.54) is 16.5 Å². The quantitative estimate of drug-likeness (QED) is 0.824. The van der Waals surface area contributed by atoms with Crippen LogP contribution < -0.4 is 5.32 Å². The monoisotopic (exact) mass is 204 g/mol. The number of aromatic nitrogens is 1. The summed E-state index contributed by atoms with van der Waals surface area (Å²) in [6, 6.07) is 8.39. The number of fused-ring (bicyclic) bond motifs is 1. The summed E-state index contributed by atoms with van der Waals surface area (Å²) >= 11 is 0. The molecule has 0 spiro atoms. The molecule has 0 saturated heterocycles. The number of hydrogen-bond acceptors (Lipinski definition) is 2. The second-order valence-electron chi connectivity index (χ2n) is 3.59. The largest absolute Gasteiger partial charge is 0.364 e. The van der Waals surface area contributed by atoms with Gasteiger partial charge in [-0.05, 0) is 18.7 Å². The fourth-order valence-corrected chi connectivity index (χ4v) is 1.90. The molecule has 1 aromatic heterocycles. The number of benzene rings is 1. The highest BCUT2D eigenvalue weighted by Crippen LogP contribution is 2.20. The zero-order valence-electron chi connectivity index (χ0n) is 9.16. The van der Waals surface area contributed by atoms with Crippen LogP contribution >= 0.6 is 0 Å². The number of ether oxygens (including phenoxy) is 1. The average molecular weight is 204 g/mol. The molecule has 0 aliphatic carbocycles. The first-order valence-corrected chi connectivity index (χ1v) is 5.07. The normalized spacial score (nSPS) is 11.1. The molecule has 1 N–H and O–H groups in total. The number of nitrogens with zero attached hydrogens (tertiary/aromatic N) is 1. The Morgan fingerprint density at radius 3 is 2.87 bits per heavy atom. The van der Waals surface area contributed by atoms with Gasteiger partial charge < -0.3 is 14.6 Å². The Kier molecular flexibility index (Phi) is 3.04. The molecule has 0 amide bonds. The summed E-state index contributed by atoms with van der Waals surface area (Å²) in [7, 11) is 3.68. The van der Waals surface area contributed by atoms with Gasteiger partial charge in [-0.2, -0.15) is 0 Å². The molecule has 1 aromatic carbocycles. The molecule has 0 aliphatic heterocycles. The molecular weight excluding hydrogens is 188 g/mol. The molecule has 3 nitrogen and oxygen atoms in total. The van der Waals surface area contributed by atoms with E-state index in [1.54, 1.807) is 7.11 Å². The standard InChI is InChI=1S/C12H16N2O/c1-13-7-10-8-14(9-15-2)12-6-4-3-5-11(10)12/h3-6,8,13H,7,9H2,1-2H3. The van der Waals surface area contributed by atoms with Crippen molar-refractivity contribution in [1.82, 2.24) is 9.88 Å². The van der Waals surface area contributed by atoms with E-state index < -0.39 is 0 Å². The van der Waals surface area contributed by atoms with Gasteiger partial charge in [0.2, 0.25) is 0 Å². The molecule has 2 aromatic rings. The minimum Gasteiger partial charge on any atom is -0.364 e. The van der Waals surface area contributed by atoms with E-state index in [0.717, 1.165) is 6.54 Å². The molecule has 15 heavy (non-hydrogen) atoms. The topological polar surface area (TPSA) is 26.2 Å². The minimum atomic E-state index is 0.601. The zero-order chi connectivity index (χ0) is 10.7. The van der Waals surface area contributed by atoms with Crippen LogP contribution in [-0.4, -0.2) is 18.7 Å². The summed E-state index contributed by atoms with van der Waals surface area (Å²) in [4.78, 5) is 0. The van der Waals surface area contributed by atoms with E-state index in [0.29, 0.717) is 6.73 Å². The van der Waals surface area contributed by atoms with Crippen LogP contribution in [0.15, 0.2) is 30.5 Å². The molecule has 3 heteroatoms. The lowest BCUT2D eigenvalue weighted by atomic mass is 10.2. The third kappa shape index (κ3) is 1.89. The highest BCUT2D eigenvalue weighted by Gasteiger charge is 2.06. The molecule has 0 radical (unpaired) electrons. The smallest absolute Gasteiger partial charge is 0.122 e. The van der Waals surface area contributed by atoms with Gasteiger partial charge in [-0.15, -0.1) is 0 Å². The van der Waals surface area contributed by atoms with Gasteiger partial charge in [-0.1, -0.05) is 18.2 Å². The molecule has 1 heterocycles. The van der Waals surface area contributed by atoms with Crippen molar-refractivity contribution in [3.8, 4) is 0 Å². The summed E-state index contributed by atoms with van der Waals surface area (Å²) in [6.45, 7) is 1.49. The SMILES string of the molecule is CNCc1cn(COC)c2ccccc12. The lowest BCUT2D eigenvalue weighted by molar-refractivity contribution is 0.134. The van der Waals surface area contributed by atoms with Gasteiger partial charge in [0.25, 0.3) is 0 Å². The first kappa shape index (κ1) is 10.2. The number of rotatable bonds is 4. The fraction of sp³-hybridized carbons (Fsp3) is 0.333. The van der Waals surface area contributed by atoms with Crippen LogP contribution in [0.5, 0.6) is 0 Å². The van der Waals surface area contributed by atoms with Gasteiger partial charge >= 0.3 is 0 Å². The molecular formula is C12H16N2O. The van der Waals surface area contributed by atoms with E-state index in [1.807, 2.05) is 7.05 Å². The van der Waals surface area contributed by atoms with Crippen LogP contribution in [0.3, 0.4) is 0 Å². The van der Waals surface area contributed by atoms with Crippen molar-refractivity contribution in [3.63, 3.8) is 0 Å². The van der Waals surface area contributed by atoms with Crippen LogP contribution in [0.4, 0.5) is 0 Å². The Morgan fingerprint density at radius 2 is 2.13 bits per heavy atom. The molecule has 2 rings (SSSR count). The van der Waals surface area contributed by atoms with E-state index in [4.69, 9.17) is 4.74 Å². The lowest BCUT2D eigenvalue weighted by Gasteiger charge is -2.01. The molecule has 0 unspecified atom stereocenters. The van der Waals surface area contributed by atoms with Crippen LogP contribution in [0.1, 0.15) is 5.56 Å². The lowest BCUT2D eigenvalue weighted by Crippen LogP contribution is -2.04. The van der Waals surface area contributed by atoms with Crippen molar-refractivity contribution < 1.29 is 4.74 Å². The molecule has 0 saturated carbocycles. The summed E-state index contributed by atoms with van der Waals surface area (Å²) in [5.74, 6) is 0. The van der Waals surface area contributed by atoms with Crippen LogP contribution in [0.25, 0.3) is 10.9 Å². The fourth-order valence-electron chi connectivity index (χ4n) is 1.90. The van der Waals surface area contributed by atoms with Crippen molar-refractivity contribution >= 4 is 10.9 Å². The van der Waals surface area contributed by atoms with Gasteiger partial charge in [-0.25, -0.2) is 0 Å². The first-order valence-electron chi connectivity index (χ1n) is 5.07. The minimum absolute atomic E-state index is 0.601. The second kappa shape index (κ2) is 4.47. The Morgan fingerprint density at radius 1 is 1.33 bits per heavy atom. The maximum Gasteiger partial charge on any atom is 0.122 e. The first-order chi connectivity index (χ1) is 7.36. The Bertz CT molecular complexity index is 408. The van der Waals surface area contributed by atoms with Crippen molar-refractivity contribution in [2.24, 2.45) is 0 Å². The molecule has 0 bridgehead atoms. The number of methoxy groups -OCH3 is 1. The highest BCUT2D eigenvalue weighted by atomic mass is 16.5. The van der Waals surface area contributed by atoms with Crippen LogP contribution in [0.2, 0.25) is 0 Å². The summed E-state index contributed by atoms with van der Waals surface area (Å²) in [5.41, 5.74) is 2.54. The predicted molar refractivity (Wildman–Crippen MR) is 61.7 cm³/mol. The van der Waals surface area contributed by atoms with E-state index >= 15 is 0 Å². The third-order valence-corrected chi connectivity index (χ3v) is 2.51. The number of hydrogen-bond donors (Lipinski definition) is 1. The van der Waals surface area contributed by atoms with Gasteiger partial charge in [0.15, 0.2) is 0 Å². The molecule has 80 valence electrons. The third-order valence-electron chi connectivity index (χ3n) is 2.51. The number of nitrogens with one attached hydrogen (secondary N) is 1. The Labute approximate surface area is 89.7 Å². The Hall–Kier alpha value is -1.32. The molecule has 0 aliphatic rings.